The highest BCUT2D eigenvalue weighted by Crippen LogP contribution is 2.18. The van der Waals surface area contributed by atoms with Crippen LogP contribution < -0.4 is 0 Å². The smallest absolute Gasteiger partial charge is 0.267 e. The van der Waals surface area contributed by atoms with Gasteiger partial charge in [0.2, 0.25) is 0 Å². The first-order chi connectivity index (χ1) is 12.9. The summed E-state index contributed by atoms with van der Waals surface area (Å²) in [6.45, 7) is 4.08. The van der Waals surface area contributed by atoms with Crippen molar-refractivity contribution >= 4 is 10.1 Å². The van der Waals surface area contributed by atoms with Crippen molar-refractivity contribution in [3.05, 3.63) is 0 Å². The number of aliphatic hydroxyl groups excluding tert-OH is 1. The molecule has 0 rings (SSSR count). The number of rotatable bonds is 20. The molecule has 0 saturated heterocycles. The molecule has 2 atom stereocenters. The largest absolute Gasteiger partial charge is 0.393 e. The Hall–Kier alpha value is -0.130. The molecule has 5 heteroatoms. The van der Waals surface area contributed by atoms with Crippen LogP contribution in [0.25, 0.3) is 0 Å². The van der Waals surface area contributed by atoms with Gasteiger partial charge in [0.05, 0.1) is 11.4 Å². The van der Waals surface area contributed by atoms with E-state index in [0.717, 1.165) is 44.9 Å². The fourth-order valence-electron chi connectivity index (χ4n) is 3.60. The van der Waals surface area contributed by atoms with Crippen LogP contribution in [-0.4, -0.2) is 29.4 Å². The van der Waals surface area contributed by atoms with E-state index in [-0.39, 0.29) is 6.10 Å². The Morgan fingerprint density at radius 3 is 1.37 bits per heavy atom. The molecule has 0 aliphatic carbocycles. The third-order valence-electron chi connectivity index (χ3n) is 5.59. The van der Waals surface area contributed by atoms with Gasteiger partial charge >= 0.3 is 0 Å². The third kappa shape index (κ3) is 17.7. The van der Waals surface area contributed by atoms with Crippen LogP contribution >= 0.6 is 0 Å². The van der Waals surface area contributed by atoms with Gasteiger partial charge in [-0.25, -0.2) is 0 Å². The van der Waals surface area contributed by atoms with Crippen molar-refractivity contribution in [1.82, 2.24) is 0 Å². The molecule has 0 heterocycles. The van der Waals surface area contributed by atoms with Gasteiger partial charge in [-0.15, -0.1) is 0 Å². The molecule has 0 aromatic rings. The average molecular weight is 407 g/mol. The fourth-order valence-corrected chi connectivity index (χ4v) is 4.53. The zero-order valence-electron chi connectivity index (χ0n) is 18.0. The van der Waals surface area contributed by atoms with Gasteiger partial charge in [0, 0.05) is 0 Å². The van der Waals surface area contributed by atoms with Crippen molar-refractivity contribution in [3.8, 4) is 0 Å². The molecule has 0 radical (unpaired) electrons. The Morgan fingerprint density at radius 1 is 0.630 bits per heavy atom. The van der Waals surface area contributed by atoms with Crippen molar-refractivity contribution in [1.29, 1.82) is 0 Å². The van der Waals surface area contributed by atoms with Gasteiger partial charge in [0.25, 0.3) is 10.1 Å². The normalized spacial score (nSPS) is 14.4. The first-order valence-corrected chi connectivity index (χ1v) is 13.1. The summed E-state index contributed by atoms with van der Waals surface area (Å²) in [5, 5.41) is 8.94. The zero-order valence-corrected chi connectivity index (χ0v) is 18.8. The predicted octanol–water partition coefficient (Wildman–Crippen LogP) is 6.67. The molecular formula is C22H46O4S. The van der Waals surface area contributed by atoms with Crippen molar-refractivity contribution in [2.24, 2.45) is 0 Å². The lowest BCUT2D eigenvalue weighted by atomic mass is 10.0. The van der Waals surface area contributed by atoms with Crippen LogP contribution in [0.4, 0.5) is 0 Å². The molecule has 2 unspecified atom stereocenters. The highest BCUT2D eigenvalue weighted by Gasteiger charge is 2.21. The van der Waals surface area contributed by atoms with Crippen LogP contribution in [-0.2, 0) is 10.1 Å². The number of aliphatic hydroxyl groups is 1. The zero-order chi connectivity index (χ0) is 20.4. The molecule has 0 aliphatic heterocycles. The van der Waals surface area contributed by atoms with E-state index < -0.39 is 15.4 Å². The summed E-state index contributed by atoms with van der Waals surface area (Å²) in [4.78, 5) is 0. The van der Waals surface area contributed by atoms with E-state index in [1.165, 1.54) is 57.8 Å². The molecule has 0 saturated carbocycles. The summed E-state index contributed by atoms with van der Waals surface area (Å²) in [5.74, 6) is 0. The van der Waals surface area contributed by atoms with Crippen LogP contribution in [0.2, 0.25) is 0 Å². The highest BCUT2D eigenvalue weighted by molar-refractivity contribution is 7.86. The second-order valence-corrected chi connectivity index (χ2v) is 9.86. The van der Waals surface area contributed by atoms with E-state index in [1.807, 2.05) is 13.8 Å². The summed E-state index contributed by atoms with van der Waals surface area (Å²) in [6, 6.07) is 0. The maximum Gasteiger partial charge on any atom is 0.267 e. The molecule has 164 valence electrons. The molecule has 27 heavy (non-hydrogen) atoms. The summed E-state index contributed by atoms with van der Waals surface area (Å²) in [5.41, 5.74) is 0. The SMILES string of the molecule is CCCCC(CCCCCCCCCCCCCCC(O)CC)S(=O)(=O)O. The van der Waals surface area contributed by atoms with Crippen LogP contribution in [0.3, 0.4) is 0 Å². The van der Waals surface area contributed by atoms with Crippen LogP contribution in [0, 0.1) is 0 Å². The molecule has 0 amide bonds. The standard InChI is InChI=1S/C22H46O4S/c1-3-5-19-22(27(24,25)26)20-17-15-13-11-9-7-6-8-10-12-14-16-18-21(23)4-2/h21-23H,3-20H2,1-2H3,(H,24,25,26). The van der Waals surface area contributed by atoms with Gasteiger partial charge in [-0.1, -0.05) is 104 Å². The molecular weight excluding hydrogens is 360 g/mol. The summed E-state index contributed by atoms with van der Waals surface area (Å²) in [7, 11) is -3.87. The molecule has 0 fully saturated rings. The number of hydrogen-bond donors (Lipinski definition) is 2. The third-order valence-corrected chi connectivity index (χ3v) is 6.90. The van der Waals surface area contributed by atoms with Gasteiger partial charge in [0.15, 0.2) is 0 Å². The summed E-state index contributed by atoms with van der Waals surface area (Å²) in [6.07, 6.45) is 19.4. The average Bonchev–Trinajstić information content (AvgIpc) is 2.62. The van der Waals surface area contributed by atoms with E-state index in [1.54, 1.807) is 0 Å². The Labute approximate surface area is 169 Å². The maximum atomic E-state index is 11.4. The molecule has 0 bridgehead atoms. The molecule has 0 aliphatic rings. The van der Waals surface area contributed by atoms with Gasteiger partial charge in [-0.05, 0) is 25.7 Å². The molecule has 4 nitrogen and oxygen atoms in total. The lowest BCUT2D eigenvalue weighted by Crippen LogP contribution is -2.20. The highest BCUT2D eigenvalue weighted by atomic mass is 32.2. The van der Waals surface area contributed by atoms with Crippen molar-refractivity contribution in [3.63, 3.8) is 0 Å². The summed E-state index contributed by atoms with van der Waals surface area (Å²) >= 11 is 0. The van der Waals surface area contributed by atoms with Gasteiger partial charge in [-0.2, -0.15) is 8.42 Å². The first-order valence-electron chi connectivity index (χ1n) is 11.6. The van der Waals surface area contributed by atoms with Gasteiger partial charge in [0.1, 0.15) is 0 Å². The van der Waals surface area contributed by atoms with Crippen molar-refractivity contribution in [2.45, 2.75) is 141 Å². The van der Waals surface area contributed by atoms with E-state index in [4.69, 9.17) is 0 Å². The lowest BCUT2D eigenvalue weighted by molar-refractivity contribution is 0.156. The molecule has 0 aromatic carbocycles. The molecule has 0 spiro atoms. The van der Waals surface area contributed by atoms with E-state index in [0.29, 0.717) is 12.8 Å². The summed E-state index contributed by atoms with van der Waals surface area (Å²) < 4.78 is 32.0. The number of unbranched alkanes of at least 4 members (excludes halogenated alkanes) is 12. The lowest BCUT2D eigenvalue weighted by Gasteiger charge is -2.13. The minimum Gasteiger partial charge on any atom is -0.393 e. The topological polar surface area (TPSA) is 74.6 Å². The molecule has 2 N–H and O–H groups in total. The monoisotopic (exact) mass is 406 g/mol. The van der Waals surface area contributed by atoms with Crippen molar-refractivity contribution in [2.75, 3.05) is 0 Å². The fraction of sp³-hybridized carbons (Fsp3) is 1.00. The van der Waals surface area contributed by atoms with Crippen molar-refractivity contribution < 1.29 is 18.1 Å². The predicted molar refractivity (Wildman–Crippen MR) is 116 cm³/mol. The van der Waals surface area contributed by atoms with Gasteiger partial charge in [-0.3, -0.25) is 4.55 Å². The quantitative estimate of drug-likeness (QED) is 0.175. The van der Waals surface area contributed by atoms with Crippen LogP contribution in [0.1, 0.15) is 129 Å². The maximum absolute atomic E-state index is 11.4. The van der Waals surface area contributed by atoms with Crippen LogP contribution in [0.5, 0.6) is 0 Å². The second-order valence-electron chi connectivity index (χ2n) is 8.16. The Morgan fingerprint density at radius 2 is 1.00 bits per heavy atom. The second kappa shape index (κ2) is 17.9. The minimum atomic E-state index is -3.87. The van der Waals surface area contributed by atoms with E-state index in [2.05, 4.69) is 0 Å². The molecule has 0 aromatic heterocycles. The first kappa shape index (κ1) is 26.9. The van der Waals surface area contributed by atoms with Crippen LogP contribution in [0.15, 0.2) is 0 Å². The Kier molecular flexibility index (Phi) is 17.8. The van der Waals surface area contributed by atoms with E-state index in [9.17, 15) is 18.1 Å². The Balaban J connectivity index is 3.39. The van der Waals surface area contributed by atoms with E-state index >= 15 is 0 Å². The number of hydrogen-bond acceptors (Lipinski definition) is 3. The minimum absolute atomic E-state index is 0.0970. The van der Waals surface area contributed by atoms with Gasteiger partial charge < -0.3 is 5.11 Å². The Bertz CT molecular complexity index is 409.